The van der Waals surface area contributed by atoms with Crippen LogP contribution >= 0.6 is 11.8 Å². The van der Waals surface area contributed by atoms with E-state index in [1.807, 2.05) is 98.5 Å². The van der Waals surface area contributed by atoms with Gasteiger partial charge in [0.05, 0.1) is 17.1 Å². The molecule has 1 amide bonds. The lowest BCUT2D eigenvalue weighted by atomic mass is 10.1. The number of carbonyl (C=O) groups is 1. The molecular formula is C25H25N5OS. The minimum Gasteiger partial charge on any atom is -0.341 e. The number of carbonyl (C=O) groups excluding carboxylic acids is 1. The van der Waals surface area contributed by atoms with Crippen LogP contribution in [-0.2, 0) is 11.3 Å². The Bertz CT molecular complexity index is 1190. The topological polar surface area (TPSA) is 63.9 Å². The summed E-state index contributed by atoms with van der Waals surface area (Å²) in [5, 5.41) is 5.46. The number of thioether (sulfide) groups is 1. The first-order valence-electron chi connectivity index (χ1n) is 10.4. The van der Waals surface area contributed by atoms with Gasteiger partial charge in [0.2, 0.25) is 5.91 Å². The molecule has 0 fully saturated rings. The summed E-state index contributed by atoms with van der Waals surface area (Å²) in [7, 11) is 1.82. The number of para-hydroxylation sites is 1. The van der Waals surface area contributed by atoms with Gasteiger partial charge in [0.1, 0.15) is 0 Å². The Labute approximate surface area is 192 Å². The summed E-state index contributed by atoms with van der Waals surface area (Å²) < 4.78 is 1.87. The molecule has 4 rings (SSSR count). The van der Waals surface area contributed by atoms with Crippen molar-refractivity contribution >= 4 is 17.7 Å². The Kier molecular flexibility index (Phi) is 6.66. The molecule has 2 heterocycles. The number of hydrogen-bond donors (Lipinski definition) is 0. The summed E-state index contributed by atoms with van der Waals surface area (Å²) in [5.74, 6) is 0.302. The van der Waals surface area contributed by atoms with Crippen molar-refractivity contribution in [2.75, 3.05) is 12.8 Å². The van der Waals surface area contributed by atoms with Crippen LogP contribution in [0.5, 0.6) is 0 Å². The zero-order valence-electron chi connectivity index (χ0n) is 18.4. The maximum Gasteiger partial charge on any atom is 0.233 e. The molecule has 0 aliphatic heterocycles. The minimum absolute atomic E-state index is 0.0178. The first kappa shape index (κ1) is 21.8. The largest absolute Gasteiger partial charge is 0.341 e. The fourth-order valence-corrected chi connectivity index (χ4v) is 4.31. The van der Waals surface area contributed by atoms with Gasteiger partial charge in [-0.25, -0.2) is 14.6 Å². The van der Waals surface area contributed by atoms with E-state index in [0.717, 1.165) is 33.9 Å². The summed E-state index contributed by atoms with van der Waals surface area (Å²) in [4.78, 5) is 23.4. The zero-order valence-corrected chi connectivity index (χ0v) is 19.2. The van der Waals surface area contributed by atoms with Gasteiger partial charge < -0.3 is 4.90 Å². The van der Waals surface area contributed by atoms with Crippen LogP contribution in [0.1, 0.15) is 17.0 Å². The van der Waals surface area contributed by atoms with Crippen molar-refractivity contribution in [3.63, 3.8) is 0 Å². The predicted octanol–water partition coefficient (Wildman–Crippen LogP) is 4.70. The van der Waals surface area contributed by atoms with E-state index in [1.165, 1.54) is 11.8 Å². The van der Waals surface area contributed by atoms with Crippen molar-refractivity contribution in [2.24, 2.45) is 0 Å². The molecule has 2 aromatic carbocycles. The van der Waals surface area contributed by atoms with Gasteiger partial charge in [0.25, 0.3) is 0 Å². The van der Waals surface area contributed by atoms with Gasteiger partial charge in [-0.05, 0) is 32.0 Å². The Morgan fingerprint density at radius 2 is 1.59 bits per heavy atom. The van der Waals surface area contributed by atoms with E-state index in [9.17, 15) is 4.79 Å². The van der Waals surface area contributed by atoms with Gasteiger partial charge >= 0.3 is 0 Å². The number of hydrogen-bond acceptors (Lipinski definition) is 5. The standard InChI is InChI=1S/C25H25N5OS/c1-18-14-19(2)27-25(26-18)32-17-23(31)29(3)15-21-16-30(22-12-8-5-9-13-22)28-24(21)20-10-6-4-7-11-20/h4-14,16H,15,17H2,1-3H3. The molecule has 0 bridgehead atoms. The monoisotopic (exact) mass is 443 g/mol. The van der Waals surface area contributed by atoms with Crippen LogP contribution in [-0.4, -0.2) is 43.4 Å². The lowest BCUT2D eigenvalue weighted by Crippen LogP contribution is -2.28. The van der Waals surface area contributed by atoms with Crippen LogP contribution in [0.3, 0.4) is 0 Å². The minimum atomic E-state index is 0.0178. The molecule has 0 N–H and O–H groups in total. The Balaban J connectivity index is 1.53. The smallest absolute Gasteiger partial charge is 0.233 e. The number of aryl methyl sites for hydroxylation is 2. The highest BCUT2D eigenvalue weighted by Gasteiger charge is 2.17. The molecule has 0 radical (unpaired) electrons. The van der Waals surface area contributed by atoms with Crippen LogP contribution in [0.15, 0.2) is 78.1 Å². The molecule has 7 heteroatoms. The van der Waals surface area contributed by atoms with Gasteiger partial charge in [0.15, 0.2) is 5.16 Å². The average molecular weight is 444 g/mol. The van der Waals surface area contributed by atoms with Crippen molar-refractivity contribution in [1.82, 2.24) is 24.6 Å². The number of aromatic nitrogens is 4. The first-order valence-corrected chi connectivity index (χ1v) is 11.4. The summed E-state index contributed by atoms with van der Waals surface area (Å²) in [5.41, 5.74) is 5.68. The third kappa shape index (κ3) is 5.23. The fraction of sp³-hybridized carbons (Fsp3) is 0.200. The van der Waals surface area contributed by atoms with E-state index in [2.05, 4.69) is 9.97 Å². The Morgan fingerprint density at radius 1 is 0.969 bits per heavy atom. The van der Waals surface area contributed by atoms with E-state index in [4.69, 9.17) is 5.10 Å². The first-order chi connectivity index (χ1) is 15.5. The molecule has 0 aliphatic rings. The quantitative estimate of drug-likeness (QED) is 0.306. The molecule has 162 valence electrons. The fourth-order valence-electron chi connectivity index (χ4n) is 3.42. The molecule has 0 saturated heterocycles. The predicted molar refractivity (Wildman–Crippen MR) is 128 cm³/mol. The number of amides is 1. The highest BCUT2D eigenvalue weighted by molar-refractivity contribution is 7.99. The van der Waals surface area contributed by atoms with Gasteiger partial charge in [-0.3, -0.25) is 4.79 Å². The second kappa shape index (κ2) is 9.78. The zero-order chi connectivity index (χ0) is 22.5. The highest BCUT2D eigenvalue weighted by Crippen LogP contribution is 2.25. The highest BCUT2D eigenvalue weighted by atomic mass is 32.2. The van der Waals surface area contributed by atoms with Crippen molar-refractivity contribution in [3.05, 3.63) is 89.9 Å². The van der Waals surface area contributed by atoms with E-state index >= 15 is 0 Å². The SMILES string of the molecule is Cc1cc(C)nc(SCC(=O)N(C)Cc2cn(-c3ccccc3)nc2-c2ccccc2)n1. The van der Waals surface area contributed by atoms with Gasteiger partial charge in [-0.15, -0.1) is 0 Å². The maximum absolute atomic E-state index is 12.8. The average Bonchev–Trinajstić information content (AvgIpc) is 3.22. The summed E-state index contributed by atoms with van der Waals surface area (Å²) in [6, 6.07) is 22.0. The second-order valence-electron chi connectivity index (χ2n) is 7.62. The van der Waals surface area contributed by atoms with Gasteiger partial charge in [0, 0.05) is 42.3 Å². The summed E-state index contributed by atoms with van der Waals surface area (Å²) >= 11 is 1.36. The van der Waals surface area contributed by atoms with Crippen LogP contribution in [0.4, 0.5) is 0 Å². The van der Waals surface area contributed by atoms with Crippen molar-refractivity contribution in [2.45, 2.75) is 25.5 Å². The molecule has 6 nitrogen and oxygen atoms in total. The molecule has 0 unspecified atom stereocenters. The normalized spacial score (nSPS) is 10.8. The molecule has 0 atom stereocenters. The van der Waals surface area contributed by atoms with Gasteiger partial charge in [-0.2, -0.15) is 5.10 Å². The maximum atomic E-state index is 12.8. The third-order valence-corrected chi connectivity index (χ3v) is 5.81. The van der Waals surface area contributed by atoms with Crippen LogP contribution in [0, 0.1) is 13.8 Å². The van der Waals surface area contributed by atoms with Crippen LogP contribution in [0.25, 0.3) is 16.9 Å². The van der Waals surface area contributed by atoms with E-state index in [-0.39, 0.29) is 11.7 Å². The van der Waals surface area contributed by atoms with Crippen LogP contribution < -0.4 is 0 Å². The molecule has 0 spiro atoms. The molecular weight excluding hydrogens is 418 g/mol. The molecule has 2 aromatic heterocycles. The van der Waals surface area contributed by atoms with E-state index < -0.39 is 0 Å². The molecule has 4 aromatic rings. The lowest BCUT2D eigenvalue weighted by Gasteiger charge is -2.17. The van der Waals surface area contributed by atoms with Crippen molar-refractivity contribution < 1.29 is 4.79 Å². The summed E-state index contributed by atoms with van der Waals surface area (Å²) in [6.07, 6.45) is 2.00. The van der Waals surface area contributed by atoms with Crippen molar-refractivity contribution in [1.29, 1.82) is 0 Å². The summed E-state index contributed by atoms with van der Waals surface area (Å²) in [6.45, 7) is 4.33. The van der Waals surface area contributed by atoms with Gasteiger partial charge in [-0.1, -0.05) is 60.3 Å². The van der Waals surface area contributed by atoms with E-state index in [0.29, 0.717) is 11.7 Å². The number of nitrogens with zero attached hydrogens (tertiary/aromatic N) is 5. The molecule has 0 saturated carbocycles. The third-order valence-electron chi connectivity index (χ3n) is 4.98. The molecule has 32 heavy (non-hydrogen) atoms. The van der Waals surface area contributed by atoms with E-state index in [1.54, 1.807) is 4.90 Å². The van der Waals surface area contributed by atoms with Crippen molar-refractivity contribution in [3.8, 4) is 16.9 Å². The second-order valence-corrected chi connectivity index (χ2v) is 8.56. The van der Waals surface area contributed by atoms with Crippen LogP contribution in [0.2, 0.25) is 0 Å². The Morgan fingerprint density at radius 3 is 2.25 bits per heavy atom. The Hall–Kier alpha value is -3.45. The molecule has 0 aliphatic carbocycles. The number of benzene rings is 2. The number of rotatable bonds is 7. The lowest BCUT2D eigenvalue weighted by molar-refractivity contribution is -0.127.